The van der Waals surface area contributed by atoms with Crippen LogP contribution in [0.3, 0.4) is 0 Å². The van der Waals surface area contributed by atoms with Crippen molar-refractivity contribution in [2.75, 3.05) is 11.9 Å². The molecule has 8 heteroatoms. The van der Waals surface area contributed by atoms with Gasteiger partial charge in [-0.15, -0.1) is 11.3 Å². The van der Waals surface area contributed by atoms with E-state index in [-0.39, 0.29) is 29.8 Å². The van der Waals surface area contributed by atoms with Gasteiger partial charge in [0.1, 0.15) is 0 Å². The zero-order valence-corrected chi connectivity index (χ0v) is 16.9. The van der Waals surface area contributed by atoms with E-state index >= 15 is 0 Å². The molecule has 0 aromatic carbocycles. The van der Waals surface area contributed by atoms with Gasteiger partial charge >= 0.3 is 5.97 Å². The molecule has 1 N–H and O–H groups in total. The van der Waals surface area contributed by atoms with E-state index in [1.54, 1.807) is 12.3 Å². The number of thiazole rings is 1. The average Bonchev–Trinajstić information content (AvgIpc) is 3.13. The highest BCUT2D eigenvalue weighted by Gasteiger charge is 2.24. The van der Waals surface area contributed by atoms with Crippen molar-refractivity contribution in [3.05, 3.63) is 28.5 Å². The molecule has 2 aromatic rings. The van der Waals surface area contributed by atoms with Crippen molar-refractivity contribution in [1.29, 1.82) is 0 Å². The molecule has 0 saturated heterocycles. The zero-order chi connectivity index (χ0) is 19.5. The van der Waals surface area contributed by atoms with Gasteiger partial charge in [-0.05, 0) is 39.7 Å². The summed E-state index contributed by atoms with van der Waals surface area (Å²) in [6.45, 7) is 12.4. The van der Waals surface area contributed by atoms with E-state index in [1.165, 1.54) is 11.3 Å². The first-order chi connectivity index (χ1) is 12.1. The van der Waals surface area contributed by atoms with Crippen molar-refractivity contribution in [3.63, 3.8) is 0 Å². The third-order valence-electron chi connectivity index (χ3n) is 3.60. The topological polar surface area (TPSA) is 86.1 Å². The van der Waals surface area contributed by atoms with E-state index < -0.39 is 0 Å². The summed E-state index contributed by atoms with van der Waals surface area (Å²) in [6, 6.07) is 1.82. The summed E-state index contributed by atoms with van der Waals surface area (Å²) in [4.78, 5) is 28.3. The van der Waals surface area contributed by atoms with Crippen LogP contribution in [0.1, 0.15) is 69.3 Å². The number of amides is 1. The number of rotatable bonds is 6. The van der Waals surface area contributed by atoms with Crippen molar-refractivity contribution in [2.45, 2.75) is 59.4 Å². The van der Waals surface area contributed by atoms with Crippen LogP contribution in [0, 0.1) is 0 Å². The van der Waals surface area contributed by atoms with E-state index in [2.05, 4.69) is 50.0 Å². The van der Waals surface area contributed by atoms with Crippen molar-refractivity contribution >= 4 is 28.3 Å². The van der Waals surface area contributed by atoms with Crippen LogP contribution < -0.4 is 5.32 Å². The van der Waals surface area contributed by atoms with Gasteiger partial charge in [-0.25, -0.2) is 4.98 Å². The summed E-state index contributed by atoms with van der Waals surface area (Å²) in [7, 11) is 0. The van der Waals surface area contributed by atoms with E-state index in [0.717, 1.165) is 5.69 Å². The minimum atomic E-state index is -0.332. The van der Waals surface area contributed by atoms with E-state index in [1.807, 2.05) is 10.7 Å². The SMILES string of the molecule is CCOC(=O)Cc1csc(NC(=O)c2cc(C(C)C)n(C(C)(C)C)n2)n1. The van der Waals surface area contributed by atoms with Crippen LogP contribution in [0.5, 0.6) is 0 Å². The molecule has 0 aliphatic heterocycles. The number of anilines is 1. The van der Waals surface area contributed by atoms with Gasteiger partial charge in [-0.1, -0.05) is 13.8 Å². The molecule has 0 radical (unpaired) electrons. The van der Waals surface area contributed by atoms with E-state index in [9.17, 15) is 9.59 Å². The van der Waals surface area contributed by atoms with E-state index in [4.69, 9.17) is 4.74 Å². The lowest BCUT2D eigenvalue weighted by Crippen LogP contribution is -2.26. The van der Waals surface area contributed by atoms with Crippen LogP contribution >= 0.6 is 11.3 Å². The Morgan fingerprint density at radius 3 is 2.58 bits per heavy atom. The third-order valence-corrected chi connectivity index (χ3v) is 4.41. The molecule has 26 heavy (non-hydrogen) atoms. The van der Waals surface area contributed by atoms with Crippen LogP contribution in [0.2, 0.25) is 0 Å². The quantitative estimate of drug-likeness (QED) is 0.777. The first kappa shape index (κ1) is 20.1. The van der Waals surface area contributed by atoms with Crippen molar-refractivity contribution in [3.8, 4) is 0 Å². The molecule has 7 nitrogen and oxygen atoms in total. The maximum Gasteiger partial charge on any atom is 0.311 e. The number of nitrogens with zero attached hydrogens (tertiary/aromatic N) is 3. The summed E-state index contributed by atoms with van der Waals surface area (Å²) in [5.74, 6) is -0.396. The summed E-state index contributed by atoms with van der Waals surface area (Å²) in [5, 5.41) is 9.41. The van der Waals surface area contributed by atoms with Gasteiger partial charge in [0.2, 0.25) is 0 Å². The molecule has 0 spiro atoms. The lowest BCUT2D eigenvalue weighted by Gasteiger charge is -2.23. The van der Waals surface area contributed by atoms with Gasteiger partial charge in [0.05, 0.1) is 24.3 Å². The fraction of sp³-hybridized carbons (Fsp3) is 0.556. The minimum Gasteiger partial charge on any atom is -0.466 e. The second-order valence-corrected chi connectivity index (χ2v) is 8.13. The Kier molecular flexibility index (Phi) is 6.17. The molecule has 0 unspecified atom stereocenters. The predicted molar refractivity (Wildman–Crippen MR) is 102 cm³/mol. The van der Waals surface area contributed by atoms with E-state index in [0.29, 0.717) is 23.1 Å². The van der Waals surface area contributed by atoms with Gasteiger partial charge in [0.15, 0.2) is 10.8 Å². The Labute approximate surface area is 157 Å². The first-order valence-electron chi connectivity index (χ1n) is 8.63. The number of esters is 1. The van der Waals surface area contributed by atoms with Gasteiger partial charge in [-0.3, -0.25) is 19.6 Å². The number of hydrogen-bond donors (Lipinski definition) is 1. The summed E-state index contributed by atoms with van der Waals surface area (Å²) in [6.07, 6.45) is 0.0936. The highest BCUT2D eigenvalue weighted by molar-refractivity contribution is 7.14. The van der Waals surface area contributed by atoms with Crippen molar-refractivity contribution in [2.24, 2.45) is 0 Å². The summed E-state index contributed by atoms with van der Waals surface area (Å²) < 4.78 is 6.79. The van der Waals surface area contributed by atoms with Crippen molar-refractivity contribution in [1.82, 2.24) is 14.8 Å². The Balaban J connectivity index is 2.13. The average molecular weight is 378 g/mol. The number of ether oxygens (including phenoxy) is 1. The number of hydrogen-bond acceptors (Lipinski definition) is 6. The van der Waals surface area contributed by atoms with Gasteiger partial charge in [0.25, 0.3) is 5.91 Å². The lowest BCUT2D eigenvalue weighted by atomic mass is 10.1. The highest BCUT2D eigenvalue weighted by Crippen LogP contribution is 2.24. The van der Waals surface area contributed by atoms with Crippen LogP contribution in [-0.2, 0) is 21.5 Å². The molecular weight excluding hydrogens is 352 g/mol. The molecule has 0 fully saturated rings. The minimum absolute atomic E-state index is 0.0936. The van der Waals surface area contributed by atoms with Gasteiger partial charge in [-0.2, -0.15) is 5.10 Å². The summed E-state index contributed by atoms with van der Waals surface area (Å²) in [5.41, 5.74) is 1.72. The molecule has 2 heterocycles. The molecule has 0 aliphatic carbocycles. The fourth-order valence-electron chi connectivity index (χ4n) is 2.42. The second-order valence-electron chi connectivity index (χ2n) is 7.27. The van der Waals surface area contributed by atoms with Crippen LogP contribution in [0.15, 0.2) is 11.4 Å². The number of carbonyl (C=O) groups is 2. The number of nitrogens with one attached hydrogen (secondary N) is 1. The normalized spacial score (nSPS) is 11.7. The highest BCUT2D eigenvalue weighted by atomic mass is 32.1. The molecule has 2 rings (SSSR count). The molecule has 0 aliphatic rings. The largest absolute Gasteiger partial charge is 0.466 e. The standard InChI is InChI=1S/C18H26N4O3S/c1-7-25-15(23)8-12-10-26-17(19-12)20-16(24)13-9-14(11(2)3)22(21-13)18(4,5)6/h9-11H,7-8H2,1-6H3,(H,19,20,24). The van der Waals surface area contributed by atoms with Gasteiger partial charge in [0, 0.05) is 11.1 Å². The lowest BCUT2D eigenvalue weighted by molar-refractivity contribution is -0.142. The Hall–Kier alpha value is -2.22. The first-order valence-corrected chi connectivity index (χ1v) is 9.51. The molecule has 0 atom stereocenters. The molecule has 0 saturated carbocycles. The van der Waals surface area contributed by atoms with Crippen molar-refractivity contribution < 1.29 is 14.3 Å². The smallest absolute Gasteiger partial charge is 0.311 e. The fourth-order valence-corrected chi connectivity index (χ4v) is 3.13. The molecular formula is C18H26N4O3S. The number of carbonyl (C=O) groups excluding carboxylic acids is 2. The zero-order valence-electron chi connectivity index (χ0n) is 16.1. The molecule has 2 aromatic heterocycles. The predicted octanol–water partition coefficient (Wildman–Crippen LogP) is 3.58. The monoisotopic (exact) mass is 378 g/mol. The van der Waals surface area contributed by atoms with Gasteiger partial charge < -0.3 is 4.74 Å². The second kappa shape index (κ2) is 7.99. The Morgan fingerprint density at radius 1 is 1.35 bits per heavy atom. The third kappa shape index (κ3) is 4.91. The Bertz CT molecular complexity index is 787. The molecule has 0 bridgehead atoms. The Morgan fingerprint density at radius 2 is 2.04 bits per heavy atom. The maximum atomic E-state index is 12.6. The summed E-state index contributed by atoms with van der Waals surface area (Å²) >= 11 is 1.27. The molecule has 1 amide bonds. The van der Waals surface area contributed by atoms with Crippen LogP contribution in [-0.4, -0.2) is 33.2 Å². The molecule has 142 valence electrons. The van der Waals surface area contributed by atoms with Crippen LogP contribution in [0.25, 0.3) is 0 Å². The van der Waals surface area contributed by atoms with Crippen LogP contribution in [0.4, 0.5) is 5.13 Å². The number of aromatic nitrogens is 3. The maximum absolute atomic E-state index is 12.6.